The lowest BCUT2D eigenvalue weighted by Gasteiger charge is -2.41. The second-order valence-electron chi connectivity index (χ2n) is 5.13. The molecule has 2 unspecified atom stereocenters. The standard InChI is InChI=1S/C13H18N4O/c14-11-2-1-3-12(16-11)17-7-6-10-9(8-17)4-5-13(18)15-10/h1-3,9-10H,4-8H2,(H2,14,16)(H,15,18). The maximum Gasteiger partial charge on any atom is 0.220 e. The largest absolute Gasteiger partial charge is 0.384 e. The molecule has 3 N–H and O–H groups in total. The van der Waals surface area contributed by atoms with Crippen molar-refractivity contribution in [1.29, 1.82) is 0 Å². The number of nitrogens with zero attached hydrogens (tertiary/aromatic N) is 2. The Morgan fingerprint density at radius 1 is 1.39 bits per heavy atom. The smallest absolute Gasteiger partial charge is 0.220 e. The van der Waals surface area contributed by atoms with Crippen LogP contribution in [0.3, 0.4) is 0 Å². The molecule has 2 fully saturated rings. The van der Waals surface area contributed by atoms with Gasteiger partial charge in [0, 0.05) is 25.6 Å². The molecule has 2 aliphatic heterocycles. The highest BCUT2D eigenvalue weighted by Gasteiger charge is 2.34. The number of amides is 1. The molecule has 0 aliphatic carbocycles. The van der Waals surface area contributed by atoms with Gasteiger partial charge in [-0.2, -0.15) is 0 Å². The predicted molar refractivity (Wildman–Crippen MR) is 70.1 cm³/mol. The highest BCUT2D eigenvalue weighted by atomic mass is 16.1. The normalized spacial score (nSPS) is 27.6. The fraction of sp³-hybridized carbons (Fsp3) is 0.538. The summed E-state index contributed by atoms with van der Waals surface area (Å²) in [7, 11) is 0. The average molecular weight is 246 g/mol. The van der Waals surface area contributed by atoms with Crippen LogP contribution < -0.4 is 16.0 Å². The number of anilines is 2. The second kappa shape index (κ2) is 4.48. The zero-order chi connectivity index (χ0) is 12.5. The van der Waals surface area contributed by atoms with Gasteiger partial charge in [0.2, 0.25) is 5.91 Å². The summed E-state index contributed by atoms with van der Waals surface area (Å²) in [6, 6.07) is 6.09. The summed E-state index contributed by atoms with van der Waals surface area (Å²) < 4.78 is 0. The number of rotatable bonds is 1. The van der Waals surface area contributed by atoms with E-state index >= 15 is 0 Å². The number of carbonyl (C=O) groups is 1. The number of hydrogen-bond donors (Lipinski definition) is 2. The van der Waals surface area contributed by atoms with Gasteiger partial charge in [-0.05, 0) is 30.9 Å². The molecule has 2 saturated heterocycles. The van der Waals surface area contributed by atoms with Crippen LogP contribution in [0.1, 0.15) is 19.3 Å². The summed E-state index contributed by atoms with van der Waals surface area (Å²) in [6.45, 7) is 1.89. The van der Waals surface area contributed by atoms with E-state index in [4.69, 9.17) is 5.73 Å². The molecule has 0 radical (unpaired) electrons. The first-order valence-corrected chi connectivity index (χ1v) is 6.49. The number of nitrogens with two attached hydrogens (primary N) is 1. The average Bonchev–Trinajstić information content (AvgIpc) is 2.38. The van der Waals surface area contributed by atoms with Crippen molar-refractivity contribution in [3.8, 4) is 0 Å². The van der Waals surface area contributed by atoms with E-state index in [9.17, 15) is 4.79 Å². The molecule has 1 aromatic heterocycles. The van der Waals surface area contributed by atoms with Crippen LogP contribution in [0.5, 0.6) is 0 Å². The first-order chi connectivity index (χ1) is 8.72. The Hall–Kier alpha value is -1.78. The van der Waals surface area contributed by atoms with Gasteiger partial charge in [-0.1, -0.05) is 6.07 Å². The van der Waals surface area contributed by atoms with Crippen LogP contribution in [0, 0.1) is 5.92 Å². The Morgan fingerprint density at radius 2 is 2.28 bits per heavy atom. The van der Waals surface area contributed by atoms with Crippen molar-refractivity contribution in [2.45, 2.75) is 25.3 Å². The Bertz CT molecular complexity index is 462. The van der Waals surface area contributed by atoms with E-state index < -0.39 is 0 Å². The molecule has 0 spiro atoms. The third-order valence-electron chi connectivity index (χ3n) is 3.90. The van der Waals surface area contributed by atoms with Crippen molar-refractivity contribution in [1.82, 2.24) is 10.3 Å². The minimum Gasteiger partial charge on any atom is -0.384 e. The van der Waals surface area contributed by atoms with Crippen molar-refractivity contribution in [3.05, 3.63) is 18.2 Å². The van der Waals surface area contributed by atoms with Gasteiger partial charge in [-0.25, -0.2) is 4.98 Å². The topological polar surface area (TPSA) is 71.2 Å². The number of piperidine rings is 2. The SMILES string of the molecule is Nc1cccc(N2CCC3NC(=O)CCC3C2)n1. The summed E-state index contributed by atoms with van der Waals surface area (Å²) in [6.07, 6.45) is 2.63. The van der Waals surface area contributed by atoms with Crippen molar-refractivity contribution >= 4 is 17.5 Å². The lowest BCUT2D eigenvalue weighted by molar-refractivity contribution is -0.124. The van der Waals surface area contributed by atoms with Crippen LogP contribution in [0.15, 0.2) is 18.2 Å². The molecular weight excluding hydrogens is 228 g/mol. The van der Waals surface area contributed by atoms with Gasteiger partial charge < -0.3 is 16.0 Å². The molecule has 1 aromatic rings. The summed E-state index contributed by atoms with van der Waals surface area (Å²) in [5.41, 5.74) is 5.72. The molecule has 0 aromatic carbocycles. The molecule has 18 heavy (non-hydrogen) atoms. The number of pyridine rings is 1. The predicted octanol–water partition coefficient (Wildman–Crippen LogP) is 0.769. The minimum absolute atomic E-state index is 0.201. The Balaban J connectivity index is 1.72. The van der Waals surface area contributed by atoms with Crippen molar-refractivity contribution in [2.24, 2.45) is 5.92 Å². The monoisotopic (exact) mass is 246 g/mol. The first kappa shape index (κ1) is 11.3. The number of hydrogen-bond acceptors (Lipinski definition) is 4. The van der Waals surface area contributed by atoms with Crippen LogP contribution in [0.25, 0.3) is 0 Å². The highest BCUT2D eigenvalue weighted by Crippen LogP contribution is 2.28. The number of aromatic nitrogens is 1. The van der Waals surface area contributed by atoms with Gasteiger partial charge in [0.1, 0.15) is 11.6 Å². The number of nitrogen functional groups attached to an aromatic ring is 1. The minimum atomic E-state index is 0.201. The van der Waals surface area contributed by atoms with Crippen molar-refractivity contribution < 1.29 is 4.79 Å². The summed E-state index contributed by atoms with van der Waals surface area (Å²) in [5.74, 6) is 2.25. The van der Waals surface area contributed by atoms with Gasteiger partial charge in [-0.15, -0.1) is 0 Å². The fourth-order valence-electron chi connectivity index (χ4n) is 2.93. The van der Waals surface area contributed by atoms with Gasteiger partial charge >= 0.3 is 0 Å². The van der Waals surface area contributed by atoms with E-state index in [1.165, 1.54) is 0 Å². The van der Waals surface area contributed by atoms with Crippen LogP contribution >= 0.6 is 0 Å². The van der Waals surface area contributed by atoms with E-state index in [1.54, 1.807) is 6.07 Å². The number of nitrogens with one attached hydrogen (secondary N) is 1. The molecule has 0 bridgehead atoms. The quantitative estimate of drug-likeness (QED) is 0.767. The molecule has 5 heteroatoms. The van der Waals surface area contributed by atoms with Crippen molar-refractivity contribution in [2.75, 3.05) is 23.7 Å². The molecule has 3 heterocycles. The van der Waals surface area contributed by atoms with Crippen LogP contribution in [-0.4, -0.2) is 30.0 Å². The Morgan fingerprint density at radius 3 is 3.11 bits per heavy atom. The Labute approximate surface area is 106 Å². The van der Waals surface area contributed by atoms with E-state index in [0.29, 0.717) is 24.2 Å². The summed E-state index contributed by atoms with van der Waals surface area (Å²) in [4.78, 5) is 18.0. The third kappa shape index (κ3) is 2.12. The molecule has 5 nitrogen and oxygen atoms in total. The molecular formula is C13H18N4O. The van der Waals surface area contributed by atoms with Gasteiger partial charge in [-0.3, -0.25) is 4.79 Å². The number of carbonyl (C=O) groups excluding carboxylic acids is 1. The second-order valence-corrected chi connectivity index (χ2v) is 5.13. The van der Waals surface area contributed by atoms with Gasteiger partial charge in [0.25, 0.3) is 0 Å². The maximum atomic E-state index is 11.4. The van der Waals surface area contributed by atoms with E-state index in [-0.39, 0.29) is 5.91 Å². The van der Waals surface area contributed by atoms with E-state index in [1.807, 2.05) is 12.1 Å². The zero-order valence-electron chi connectivity index (χ0n) is 10.3. The van der Waals surface area contributed by atoms with Crippen molar-refractivity contribution in [3.63, 3.8) is 0 Å². The molecule has 96 valence electrons. The van der Waals surface area contributed by atoms with E-state index in [0.717, 1.165) is 31.7 Å². The lowest BCUT2D eigenvalue weighted by atomic mass is 9.85. The third-order valence-corrected chi connectivity index (χ3v) is 3.90. The lowest BCUT2D eigenvalue weighted by Crippen LogP contribution is -2.54. The molecule has 3 rings (SSSR count). The first-order valence-electron chi connectivity index (χ1n) is 6.49. The summed E-state index contributed by atoms with van der Waals surface area (Å²) >= 11 is 0. The molecule has 2 aliphatic rings. The van der Waals surface area contributed by atoms with Crippen LogP contribution in [0.2, 0.25) is 0 Å². The summed E-state index contributed by atoms with van der Waals surface area (Å²) in [5, 5.41) is 3.09. The molecule has 0 saturated carbocycles. The molecule has 1 amide bonds. The fourth-order valence-corrected chi connectivity index (χ4v) is 2.93. The zero-order valence-corrected chi connectivity index (χ0v) is 10.3. The van der Waals surface area contributed by atoms with E-state index in [2.05, 4.69) is 15.2 Å². The van der Waals surface area contributed by atoms with Gasteiger partial charge in [0.05, 0.1) is 0 Å². The van der Waals surface area contributed by atoms with Crippen LogP contribution in [0.4, 0.5) is 11.6 Å². The Kier molecular flexibility index (Phi) is 2.81. The van der Waals surface area contributed by atoms with Gasteiger partial charge in [0.15, 0.2) is 0 Å². The number of fused-ring (bicyclic) bond motifs is 1. The maximum absolute atomic E-state index is 11.4. The highest BCUT2D eigenvalue weighted by molar-refractivity contribution is 5.77. The molecule has 2 atom stereocenters. The van der Waals surface area contributed by atoms with Crippen LogP contribution in [-0.2, 0) is 4.79 Å².